The first kappa shape index (κ1) is 28.4. The molecule has 0 bridgehead atoms. The number of carbonyl (C=O) groups excluding carboxylic acids is 2. The van der Waals surface area contributed by atoms with Crippen LogP contribution in [0.1, 0.15) is 27.7 Å². The van der Waals surface area contributed by atoms with Gasteiger partial charge >= 0.3 is 0 Å². The predicted octanol–water partition coefficient (Wildman–Crippen LogP) is 1.05. The van der Waals surface area contributed by atoms with E-state index in [1.165, 1.54) is 0 Å². The molecule has 2 saturated carbocycles. The monoisotopic (exact) mass is 444 g/mol. The second kappa shape index (κ2) is 15.2. The molecule has 10 radical (unpaired) electrons. The molecule has 0 aliphatic heterocycles. The summed E-state index contributed by atoms with van der Waals surface area (Å²) in [5, 5.41) is 23.6. The number of aliphatic hydroxyl groups is 2. The summed E-state index contributed by atoms with van der Waals surface area (Å²) in [6.07, 6.45) is 14.3. The molecule has 0 aromatic carbocycles. The fourth-order valence-electron chi connectivity index (χ4n) is 2.40. The van der Waals surface area contributed by atoms with Gasteiger partial charge in [0.2, 0.25) is 11.8 Å². The molecule has 2 fully saturated rings. The summed E-state index contributed by atoms with van der Waals surface area (Å²) < 4.78 is 0. The third kappa shape index (κ3) is 10.3. The van der Waals surface area contributed by atoms with Crippen LogP contribution in [0.4, 0.5) is 0 Å². The van der Waals surface area contributed by atoms with E-state index in [1.54, 1.807) is 25.7 Å². The van der Waals surface area contributed by atoms with Gasteiger partial charge in [0, 0.05) is 17.1 Å². The van der Waals surface area contributed by atoms with E-state index in [2.05, 4.69) is 10.6 Å². The van der Waals surface area contributed by atoms with Crippen molar-refractivity contribution < 1.29 is 36.9 Å². The van der Waals surface area contributed by atoms with Crippen LogP contribution >= 0.6 is 0 Å². The number of aliphatic hydroxyl groups excluding tert-OH is 2. The summed E-state index contributed by atoms with van der Waals surface area (Å²) in [6.45, 7) is 7.81. The maximum absolute atomic E-state index is 11.6. The average Bonchev–Trinajstić information content (AvgIpc) is 3.37. The van der Waals surface area contributed by atoms with Crippen molar-refractivity contribution in [2.75, 3.05) is 13.2 Å². The van der Waals surface area contributed by atoms with Crippen molar-refractivity contribution in [3.63, 3.8) is 0 Å². The smallest absolute Gasteiger partial charge is 0.228 e. The van der Waals surface area contributed by atoms with Gasteiger partial charge in [-0.3, -0.25) is 9.59 Å². The molecule has 0 saturated heterocycles. The van der Waals surface area contributed by atoms with E-state index < -0.39 is 0 Å². The molecule has 2 atom stereocenters. The summed E-state index contributed by atoms with van der Waals surface area (Å²) in [7, 11) is 0. The number of carbonyl (C=O) groups is 2. The van der Waals surface area contributed by atoms with Crippen molar-refractivity contribution >= 4 is 11.8 Å². The van der Waals surface area contributed by atoms with Crippen LogP contribution in [0.5, 0.6) is 0 Å². The van der Waals surface area contributed by atoms with Gasteiger partial charge in [0.15, 0.2) is 0 Å². The Morgan fingerprint density at radius 1 is 0.724 bits per heavy atom. The first-order valence-electron chi connectivity index (χ1n) is 9.57. The van der Waals surface area contributed by atoms with E-state index >= 15 is 0 Å². The van der Waals surface area contributed by atoms with Crippen LogP contribution < -0.4 is 10.6 Å². The minimum atomic E-state index is -0.169. The van der Waals surface area contributed by atoms with Crippen molar-refractivity contribution in [2.24, 2.45) is 11.8 Å². The quantitative estimate of drug-likeness (QED) is 0.421. The number of amides is 2. The number of nitrogens with one attached hydrogen (secondary N) is 2. The van der Waals surface area contributed by atoms with Gasteiger partial charge in [0.25, 0.3) is 0 Å². The van der Waals surface area contributed by atoms with E-state index in [9.17, 15) is 9.59 Å². The van der Waals surface area contributed by atoms with Crippen molar-refractivity contribution in [3.05, 3.63) is 63.2 Å². The zero-order valence-electron chi connectivity index (χ0n) is 17.4. The number of hydrogen-bond donors (Lipinski definition) is 4. The average molecular weight is 444 g/mol. The Morgan fingerprint density at radius 2 is 1.00 bits per heavy atom. The molecule has 0 aromatic heterocycles. The predicted molar refractivity (Wildman–Crippen MR) is 109 cm³/mol. The van der Waals surface area contributed by atoms with E-state index in [1.807, 2.05) is 53.4 Å². The molecule has 0 spiro atoms. The van der Waals surface area contributed by atoms with Crippen LogP contribution in [0, 0.1) is 75.0 Å². The molecule has 0 aromatic rings. The zero-order chi connectivity index (χ0) is 21.1. The van der Waals surface area contributed by atoms with Crippen LogP contribution in [0.15, 0.2) is 0 Å². The largest absolute Gasteiger partial charge is 0.394 e. The molecule has 2 aliphatic carbocycles. The second-order valence-corrected chi connectivity index (χ2v) is 7.36. The van der Waals surface area contributed by atoms with Gasteiger partial charge in [-0.15, -0.1) is 0 Å². The SMILES string of the molecule is CC(C)[C@@H](CO)NC(=O)[C]1[CH][CH][CH][CH]1.CC(C)[C@@H](CO)NC(=O)[C]1[CH][CH][CH][CH]1.[Fe]. The van der Waals surface area contributed by atoms with E-state index in [4.69, 9.17) is 10.2 Å². The molecule has 2 aliphatic rings. The Bertz CT molecular complexity index is 420. The Balaban J connectivity index is 0.000000523. The van der Waals surface area contributed by atoms with Gasteiger partial charge in [-0.1, -0.05) is 27.7 Å². The molecule has 162 valence electrons. The zero-order valence-corrected chi connectivity index (χ0v) is 18.5. The van der Waals surface area contributed by atoms with E-state index in [0.29, 0.717) is 11.8 Å². The molecular formula is C22H32FeN2O4. The standard InChI is InChI=1S/2C11H16NO2.Fe/c2*1-8(2)10(7-13)12-11(14)9-5-3-4-6-9;/h2*3-6,8,10,13H,7H2,1-2H3,(H,12,14);/t2*10-;/m11./s1. The van der Waals surface area contributed by atoms with Gasteiger partial charge < -0.3 is 20.8 Å². The second-order valence-electron chi connectivity index (χ2n) is 7.36. The van der Waals surface area contributed by atoms with Crippen molar-refractivity contribution in [1.29, 1.82) is 0 Å². The molecule has 0 unspecified atom stereocenters. The molecule has 7 heteroatoms. The van der Waals surface area contributed by atoms with Gasteiger partial charge in [-0.2, -0.15) is 0 Å². The fourth-order valence-corrected chi connectivity index (χ4v) is 2.40. The summed E-state index contributed by atoms with van der Waals surface area (Å²) >= 11 is 0. The maximum Gasteiger partial charge on any atom is 0.228 e. The molecule has 4 N–H and O–H groups in total. The number of hydrogen-bond acceptors (Lipinski definition) is 4. The van der Waals surface area contributed by atoms with E-state index in [-0.39, 0.29) is 66.0 Å². The van der Waals surface area contributed by atoms with Crippen LogP contribution in [0.25, 0.3) is 0 Å². The van der Waals surface area contributed by atoms with Crippen LogP contribution in [0.3, 0.4) is 0 Å². The molecule has 2 rings (SSSR count). The molecule has 0 heterocycles. The first-order chi connectivity index (χ1) is 13.3. The minimum Gasteiger partial charge on any atom is -0.394 e. The summed E-state index contributed by atoms with van der Waals surface area (Å²) in [4.78, 5) is 23.1. The molecule has 6 nitrogen and oxygen atoms in total. The van der Waals surface area contributed by atoms with Gasteiger partial charge in [0.05, 0.1) is 37.1 Å². The number of rotatable bonds is 8. The van der Waals surface area contributed by atoms with E-state index in [0.717, 1.165) is 0 Å². The van der Waals surface area contributed by atoms with Gasteiger partial charge in [0.1, 0.15) is 0 Å². The topological polar surface area (TPSA) is 98.7 Å². The van der Waals surface area contributed by atoms with Gasteiger partial charge in [-0.05, 0) is 63.2 Å². The molecular weight excluding hydrogens is 412 g/mol. The summed E-state index contributed by atoms with van der Waals surface area (Å²) in [5.74, 6) is 1.51. The molecule has 2 amide bonds. The molecule has 29 heavy (non-hydrogen) atoms. The van der Waals surface area contributed by atoms with Crippen LogP contribution in [-0.2, 0) is 26.7 Å². The Hall–Kier alpha value is -0.621. The van der Waals surface area contributed by atoms with Gasteiger partial charge in [-0.25, -0.2) is 0 Å². The fraction of sp³-hybridized carbons (Fsp3) is 0.455. The van der Waals surface area contributed by atoms with Crippen molar-refractivity contribution in [1.82, 2.24) is 10.6 Å². The Labute approximate surface area is 187 Å². The maximum atomic E-state index is 11.6. The van der Waals surface area contributed by atoms with Crippen molar-refractivity contribution in [2.45, 2.75) is 39.8 Å². The van der Waals surface area contributed by atoms with Crippen molar-refractivity contribution in [3.8, 4) is 0 Å². The summed E-state index contributed by atoms with van der Waals surface area (Å²) in [5.41, 5.74) is 0. The first-order valence-corrected chi connectivity index (χ1v) is 9.57. The van der Waals surface area contributed by atoms with Crippen LogP contribution in [0.2, 0.25) is 0 Å². The minimum absolute atomic E-state index is 0. The Kier molecular flexibility index (Phi) is 14.9. The Morgan fingerprint density at radius 3 is 1.21 bits per heavy atom. The summed E-state index contributed by atoms with van der Waals surface area (Å²) in [6, 6.07) is -0.338. The normalized spacial score (nSPS) is 19.3. The third-order valence-electron chi connectivity index (χ3n) is 4.49. The third-order valence-corrected chi connectivity index (χ3v) is 4.49. The van der Waals surface area contributed by atoms with Crippen LogP contribution in [-0.4, -0.2) is 47.3 Å².